The number of sulfonamides is 1. The zero-order chi connectivity index (χ0) is 24.5. The molecule has 4 rings (SSSR count). The highest BCUT2D eigenvalue weighted by Gasteiger charge is 2.30. The van der Waals surface area contributed by atoms with Gasteiger partial charge in [-0.15, -0.1) is 0 Å². The highest BCUT2D eigenvalue weighted by atomic mass is 35.5. The number of nitrogens with zero attached hydrogens (tertiary/aromatic N) is 1. The van der Waals surface area contributed by atoms with Crippen LogP contribution in [0.4, 0.5) is 5.69 Å². The second-order valence-corrected chi connectivity index (χ2v) is 12.0. The topological polar surface area (TPSA) is 78.5 Å². The molecule has 182 valence electrons. The summed E-state index contributed by atoms with van der Waals surface area (Å²) in [6.07, 6.45) is 8.04. The molecule has 4 atom stereocenters. The SMILES string of the molecule is C[C@H]1C[C@@H]1C=Cc1cc(C(=O)N[C@@H]2CCN[C@@H]2Cc2cccc(Cl)c2)cc(N(C)S(C)(=O)=O)c1. The Bertz CT molecular complexity index is 1200. The molecular formula is C26H32ClN3O3S. The minimum atomic E-state index is -3.46. The van der Waals surface area contributed by atoms with E-state index in [1.54, 1.807) is 12.1 Å². The lowest BCUT2D eigenvalue weighted by molar-refractivity contribution is 0.0933. The van der Waals surface area contributed by atoms with Crippen molar-refractivity contribution in [2.24, 2.45) is 11.8 Å². The lowest BCUT2D eigenvalue weighted by atomic mass is 10.00. The van der Waals surface area contributed by atoms with E-state index in [1.165, 1.54) is 11.4 Å². The monoisotopic (exact) mass is 501 g/mol. The van der Waals surface area contributed by atoms with Gasteiger partial charge in [0.1, 0.15) is 0 Å². The standard InChI is InChI=1S/C26H32ClN3O3S/c1-17-11-20(17)8-7-19-12-21(16-23(14-19)30(2)34(3,32)33)26(31)29-24-9-10-28-25(24)15-18-5-4-6-22(27)13-18/h4-8,12-14,16-17,20,24-25,28H,9-11,15H2,1-3H3,(H,29,31)/t17-,20-,24+,25+/m0/s1. The summed E-state index contributed by atoms with van der Waals surface area (Å²) in [6, 6.07) is 13.1. The van der Waals surface area contributed by atoms with Crippen molar-refractivity contribution in [3.05, 3.63) is 70.3 Å². The Morgan fingerprint density at radius 2 is 2.03 bits per heavy atom. The fraction of sp³-hybridized carbons (Fsp3) is 0.423. The van der Waals surface area contributed by atoms with Crippen molar-refractivity contribution in [2.45, 2.75) is 38.3 Å². The van der Waals surface area contributed by atoms with Crippen molar-refractivity contribution < 1.29 is 13.2 Å². The number of rotatable bonds is 8. The summed E-state index contributed by atoms with van der Waals surface area (Å²) in [5.41, 5.74) is 2.85. The maximum absolute atomic E-state index is 13.3. The fourth-order valence-corrected chi connectivity index (χ4v) is 5.11. The van der Waals surface area contributed by atoms with Crippen molar-refractivity contribution in [2.75, 3.05) is 24.2 Å². The molecule has 1 heterocycles. The highest BCUT2D eigenvalue weighted by Crippen LogP contribution is 2.39. The Morgan fingerprint density at radius 3 is 2.71 bits per heavy atom. The fourth-order valence-electron chi connectivity index (χ4n) is 4.41. The number of hydrogen-bond donors (Lipinski definition) is 2. The number of benzene rings is 2. The molecule has 1 saturated heterocycles. The predicted molar refractivity (Wildman–Crippen MR) is 139 cm³/mol. The minimum absolute atomic E-state index is 0.0333. The molecule has 1 amide bonds. The van der Waals surface area contributed by atoms with Crippen LogP contribution in [0.15, 0.2) is 48.5 Å². The van der Waals surface area contributed by atoms with Gasteiger partial charge in [0, 0.05) is 29.7 Å². The molecule has 1 aliphatic carbocycles. The van der Waals surface area contributed by atoms with Crippen LogP contribution in [0.2, 0.25) is 5.02 Å². The van der Waals surface area contributed by atoms with Gasteiger partial charge in [-0.05, 0) is 79.1 Å². The molecular weight excluding hydrogens is 470 g/mol. The van der Waals surface area contributed by atoms with Crippen LogP contribution in [0.5, 0.6) is 0 Å². The first-order valence-electron chi connectivity index (χ1n) is 11.7. The van der Waals surface area contributed by atoms with E-state index in [4.69, 9.17) is 11.6 Å². The van der Waals surface area contributed by atoms with Crippen LogP contribution in [0.3, 0.4) is 0 Å². The number of carbonyl (C=O) groups is 1. The molecule has 2 aliphatic rings. The van der Waals surface area contributed by atoms with Gasteiger partial charge in [0.15, 0.2) is 0 Å². The van der Waals surface area contributed by atoms with Crippen molar-refractivity contribution >= 4 is 39.3 Å². The first-order valence-corrected chi connectivity index (χ1v) is 13.9. The van der Waals surface area contributed by atoms with Crippen LogP contribution in [0.25, 0.3) is 6.08 Å². The summed E-state index contributed by atoms with van der Waals surface area (Å²) in [4.78, 5) is 13.3. The van der Waals surface area contributed by atoms with Crippen LogP contribution < -0.4 is 14.9 Å². The molecule has 0 bridgehead atoms. The molecule has 2 aromatic carbocycles. The summed E-state index contributed by atoms with van der Waals surface area (Å²) in [5, 5.41) is 7.35. The highest BCUT2D eigenvalue weighted by molar-refractivity contribution is 7.92. The minimum Gasteiger partial charge on any atom is -0.348 e. The normalized spacial score (nSPS) is 24.4. The third-order valence-electron chi connectivity index (χ3n) is 6.78. The van der Waals surface area contributed by atoms with Gasteiger partial charge in [-0.25, -0.2) is 8.42 Å². The van der Waals surface area contributed by atoms with E-state index in [1.807, 2.05) is 36.4 Å². The largest absolute Gasteiger partial charge is 0.348 e. The maximum Gasteiger partial charge on any atom is 0.251 e. The van der Waals surface area contributed by atoms with Gasteiger partial charge in [0.25, 0.3) is 5.91 Å². The van der Waals surface area contributed by atoms with Gasteiger partial charge in [-0.3, -0.25) is 9.10 Å². The Hall–Kier alpha value is -2.35. The molecule has 0 aromatic heterocycles. The smallest absolute Gasteiger partial charge is 0.251 e. The lowest BCUT2D eigenvalue weighted by Crippen LogP contribution is -2.44. The summed E-state index contributed by atoms with van der Waals surface area (Å²) in [5.74, 6) is 1.01. The number of halogens is 1. The number of amides is 1. The van der Waals surface area contributed by atoms with Gasteiger partial charge in [-0.1, -0.05) is 42.8 Å². The van der Waals surface area contributed by atoms with E-state index in [9.17, 15) is 13.2 Å². The third kappa shape index (κ3) is 6.20. The van der Waals surface area contributed by atoms with E-state index in [-0.39, 0.29) is 18.0 Å². The van der Waals surface area contributed by atoms with Crippen LogP contribution in [0.1, 0.15) is 41.3 Å². The van der Waals surface area contributed by atoms with E-state index in [2.05, 4.69) is 23.6 Å². The number of hydrogen-bond acceptors (Lipinski definition) is 4. The first kappa shape index (κ1) is 24.8. The van der Waals surface area contributed by atoms with Crippen molar-refractivity contribution in [1.29, 1.82) is 0 Å². The third-order valence-corrected chi connectivity index (χ3v) is 8.22. The Kier molecular flexibility index (Phi) is 7.36. The second kappa shape index (κ2) is 10.1. The molecule has 0 radical (unpaired) electrons. The van der Waals surface area contributed by atoms with Gasteiger partial charge in [-0.2, -0.15) is 0 Å². The van der Waals surface area contributed by atoms with Crippen LogP contribution in [-0.4, -0.2) is 46.3 Å². The number of carbonyl (C=O) groups excluding carboxylic acids is 1. The van der Waals surface area contributed by atoms with E-state index >= 15 is 0 Å². The van der Waals surface area contributed by atoms with Gasteiger partial charge in [0.05, 0.1) is 11.9 Å². The Balaban J connectivity index is 1.54. The van der Waals surface area contributed by atoms with Crippen LogP contribution >= 0.6 is 11.6 Å². The van der Waals surface area contributed by atoms with Crippen LogP contribution in [-0.2, 0) is 16.4 Å². The number of anilines is 1. The van der Waals surface area contributed by atoms with E-state index in [0.717, 1.165) is 43.2 Å². The lowest BCUT2D eigenvalue weighted by Gasteiger charge is -2.22. The zero-order valence-electron chi connectivity index (χ0n) is 19.8. The first-order chi connectivity index (χ1) is 16.1. The summed E-state index contributed by atoms with van der Waals surface area (Å²) >= 11 is 6.13. The molecule has 2 fully saturated rings. The molecule has 34 heavy (non-hydrogen) atoms. The van der Waals surface area contributed by atoms with E-state index in [0.29, 0.717) is 28.1 Å². The summed E-state index contributed by atoms with van der Waals surface area (Å²) < 4.78 is 25.5. The quantitative estimate of drug-likeness (QED) is 0.570. The Labute approximate surface area is 207 Å². The van der Waals surface area contributed by atoms with Gasteiger partial charge >= 0.3 is 0 Å². The zero-order valence-corrected chi connectivity index (χ0v) is 21.4. The number of allylic oxidation sites excluding steroid dienone is 1. The molecule has 1 aliphatic heterocycles. The maximum atomic E-state index is 13.3. The average molecular weight is 502 g/mol. The summed E-state index contributed by atoms with van der Waals surface area (Å²) in [6.45, 7) is 3.03. The molecule has 0 spiro atoms. The average Bonchev–Trinajstić information content (AvgIpc) is 3.33. The predicted octanol–water partition coefficient (Wildman–Crippen LogP) is 4.11. The molecule has 0 unspecified atom stereocenters. The van der Waals surface area contributed by atoms with Crippen molar-refractivity contribution in [1.82, 2.24) is 10.6 Å². The van der Waals surface area contributed by atoms with Crippen molar-refractivity contribution in [3.8, 4) is 0 Å². The van der Waals surface area contributed by atoms with E-state index < -0.39 is 10.0 Å². The molecule has 6 nitrogen and oxygen atoms in total. The number of nitrogens with one attached hydrogen (secondary N) is 2. The molecule has 2 N–H and O–H groups in total. The summed E-state index contributed by atoms with van der Waals surface area (Å²) in [7, 11) is -1.95. The Morgan fingerprint density at radius 1 is 1.26 bits per heavy atom. The molecule has 2 aromatic rings. The van der Waals surface area contributed by atoms with Gasteiger partial charge < -0.3 is 10.6 Å². The van der Waals surface area contributed by atoms with Crippen molar-refractivity contribution in [3.63, 3.8) is 0 Å². The van der Waals surface area contributed by atoms with Gasteiger partial charge in [0.2, 0.25) is 10.0 Å². The molecule has 1 saturated carbocycles. The second-order valence-electron chi connectivity index (χ2n) is 9.54. The van der Waals surface area contributed by atoms with Crippen LogP contribution in [0, 0.1) is 11.8 Å². The molecule has 8 heteroatoms.